The Morgan fingerprint density at radius 1 is 1.08 bits per heavy atom. The number of aromatic nitrogens is 3. The molecule has 0 spiro atoms. The number of carbonyl (C=O) groups excluding carboxylic acids is 1. The molecule has 0 fully saturated rings. The minimum atomic E-state index is -0.467. The van der Waals surface area contributed by atoms with Gasteiger partial charge in [0.05, 0.1) is 23.3 Å². The summed E-state index contributed by atoms with van der Waals surface area (Å²) in [6.45, 7) is 0.0569. The van der Waals surface area contributed by atoms with Gasteiger partial charge in [-0.2, -0.15) is 0 Å². The van der Waals surface area contributed by atoms with Gasteiger partial charge in [-0.3, -0.25) is 19.1 Å². The molecular weight excluding hydrogens is 335 g/mol. The van der Waals surface area contributed by atoms with Crippen molar-refractivity contribution in [2.75, 3.05) is 0 Å². The number of carbonyl (C=O) groups is 1. The minimum absolute atomic E-state index is 0.201. The van der Waals surface area contributed by atoms with Gasteiger partial charge >= 0.3 is 0 Å². The van der Waals surface area contributed by atoms with Gasteiger partial charge < -0.3 is 9.72 Å². The minimum Gasteiger partial charge on any atom is -0.349 e. The molecule has 4 rings (SSSR count). The zero-order chi connectivity index (χ0) is 18.1. The summed E-state index contributed by atoms with van der Waals surface area (Å²) in [6.07, 6.45) is 3.38. The van der Waals surface area contributed by atoms with E-state index in [1.807, 2.05) is 6.07 Å². The van der Waals surface area contributed by atoms with Crippen molar-refractivity contribution in [3.8, 4) is 0 Å². The molecule has 1 N–H and O–H groups in total. The SMILES string of the molecule is O=C(Cn1c(=O)c2cccn2c2ccc(F)cc21)NCc1ccccn1. The maximum absolute atomic E-state index is 13.7. The highest BCUT2D eigenvalue weighted by Gasteiger charge is 2.14. The van der Waals surface area contributed by atoms with Gasteiger partial charge in [-0.05, 0) is 42.5 Å². The fraction of sp³-hybridized carbons (Fsp3) is 0.105. The number of nitrogens with one attached hydrogen (secondary N) is 1. The first-order valence-corrected chi connectivity index (χ1v) is 8.09. The molecule has 0 atom stereocenters. The lowest BCUT2D eigenvalue weighted by Gasteiger charge is -2.13. The first kappa shape index (κ1) is 16.0. The normalized spacial score (nSPS) is 11.1. The van der Waals surface area contributed by atoms with Crippen LogP contribution in [0.3, 0.4) is 0 Å². The van der Waals surface area contributed by atoms with Crippen molar-refractivity contribution in [2.45, 2.75) is 13.1 Å². The third-order valence-electron chi connectivity index (χ3n) is 4.20. The lowest BCUT2D eigenvalue weighted by Crippen LogP contribution is -2.33. The number of pyridine rings is 1. The largest absolute Gasteiger partial charge is 0.349 e. The Balaban J connectivity index is 1.70. The number of fused-ring (bicyclic) bond motifs is 3. The highest BCUT2D eigenvalue weighted by molar-refractivity contribution is 5.82. The lowest BCUT2D eigenvalue weighted by atomic mass is 10.2. The summed E-state index contributed by atoms with van der Waals surface area (Å²) in [6, 6.07) is 13.0. The Hall–Kier alpha value is -3.48. The first-order valence-electron chi connectivity index (χ1n) is 8.09. The molecule has 0 aliphatic rings. The van der Waals surface area contributed by atoms with Crippen molar-refractivity contribution >= 4 is 22.5 Å². The van der Waals surface area contributed by atoms with E-state index in [0.29, 0.717) is 22.2 Å². The molecule has 0 bridgehead atoms. The van der Waals surface area contributed by atoms with Crippen molar-refractivity contribution in [1.82, 2.24) is 19.3 Å². The monoisotopic (exact) mass is 350 g/mol. The van der Waals surface area contributed by atoms with E-state index in [0.717, 1.165) is 0 Å². The van der Waals surface area contributed by atoms with Crippen LogP contribution < -0.4 is 10.9 Å². The lowest BCUT2D eigenvalue weighted by molar-refractivity contribution is -0.121. The van der Waals surface area contributed by atoms with Crippen molar-refractivity contribution < 1.29 is 9.18 Å². The second-order valence-corrected chi connectivity index (χ2v) is 5.89. The van der Waals surface area contributed by atoms with Crippen LogP contribution in [0.5, 0.6) is 0 Å². The Bertz CT molecular complexity index is 1160. The summed E-state index contributed by atoms with van der Waals surface area (Å²) in [5.74, 6) is -0.815. The van der Waals surface area contributed by atoms with Gasteiger partial charge in [0.1, 0.15) is 17.9 Å². The molecule has 0 unspecified atom stereocenters. The number of amides is 1. The Morgan fingerprint density at radius 3 is 2.77 bits per heavy atom. The van der Waals surface area contributed by atoms with Gasteiger partial charge in [-0.25, -0.2) is 4.39 Å². The van der Waals surface area contributed by atoms with E-state index in [-0.39, 0.29) is 24.6 Å². The zero-order valence-electron chi connectivity index (χ0n) is 13.7. The van der Waals surface area contributed by atoms with Crippen LogP contribution in [-0.4, -0.2) is 19.9 Å². The predicted molar refractivity (Wildman–Crippen MR) is 95.2 cm³/mol. The summed E-state index contributed by atoms with van der Waals surface area (Å²) in [5.41, 5.74) is 1.82. The fourth-order valence-electron chi connectivity index (χ4n) is 2.98. The van der Waals surface area contributed by atoms with Crippen LogP contribution in [0.15, 0.2) is 65.7 Å². The molecule has 0 aliphatic carbocycles. The van der Waals surface area contributed by atoms with Gasteiger partial charge in [-0.1, -0.05) is 6.07 Å². The number of rotatable bonds is 4. The summed E-state index contributed by atoms with van der Waals surface area (Å²) >= 11 is 0. The van der Waals surface area contributed by atoms with Crippen LogP contribution in [0.4, 0.5) is 4.39 Å². The van der Waals surface area contributed by atoms with Crippen LogP contribution in [0, 0.1) is 5.82 Å². The highest BCUT2D eigenvalue weighted by Crippen LogP contribution is 2.16. The molecule has 0 saturated heterocycles. The summed E-state index contributed by atoms with van der Waals surface area (Å²) < 4.78 is 16.7. The molecule has 3 heterocycles. The molecule has 3 aromatic heterocycles. The number of halogens is 1. The van der Waals surface area contributed by atoms with Gasteiger partial charge in [-0.15, -0.1) is 0 Å². The zero-order valence-corrected chi connectivity index (χ0v) is 13.7. The van der Waals surface area contributed by atoms with Crippen LogP contribution in [-0.2, 0) is 17.9 Å². The maximum atomic E-state index is 13.7. The van der Waals surface area contributed by atoms with E-state index in [4.69, 9.17) is 0 Å². The summed E-state index contributed by atoms with van der Waals surface area (Å²) in [5, 5.41) is 2.73. The number of benzene rings is 1. The van der Waals surface area contributed by atoms with E-state index in [1.165, 1.54) is 16.7 Å². The van der Waals surface area contributed by atoms with Gasteiger partial charge in [0, 0.05) is 12.4 Å². The van der Waals surface area contributed by atoms with Crippen molar-refractivity contribution in [1.29, 1.82) is 0 Å². The predicted octanol–water partition coefficient (Wildman–Crippen LogP) is 2.10. The van der Waals surface area contributed by atoms with Gasteiger partial charge in [0.15, 0.2) is 0 Å². The highest BCUT2D eigenvalue weighted by atomic mass is 19.1. The molecular formula is C19H15FN4O2. The summed E-state index contributed by atoms with van der Waals surface area (Å²) in [4.78, 5) is 29.2. The molecule has 26 heavy (non-hydrogen) atoms. The maximum Gasteiger partial charge on any atom is 0.275 e. The Morgan fingerprint density at radius 2 is 1.96 bits per heavy atom. The molecule has 4 aromatic rings. The average molecular weight is 350 g/mol. The number of hydrogen-bond donors (Lipinski definition) is 1. The molecule has 1 aromatic carbocycles. The van der Waals surface area contributed by atoms with Crippen LogP contribution >= 0.6 is 0 Å². The fourth-order valence-corrected chi connectivity index (χ4v) is 2.98. The second-order valence-electron chi connectivity index (χ2n) is 5.89. The molecule has 1 amide bonds. The third-order valence-corrected chi connectivity index (χ3v) is 4.20. The first-order chi connectivity index (χ1) is 12.6. The molecule has 130 valence electrons. The number of nitrogens with zero attached hydrogens (tertiary/aromatic N) is 3. The van der Waals surface area contributed by atoms with E-state index in [2.05, 4.69) is 10.3 Å². The standard InChI is InChI=1S/C19H15FN4O2/c20-13-6-7-15-17(10-13)24(19(26)16-5-3-9-23(15)16)12-18(25)22-11-14-4-1-2-8-21-14/h1-10H,11-12H2,(H,22,25). The van der Waals surface area contributed by atoms with E-state index >= 15 is 0 Å². The number of hydrogen-bond acceptors (Lipinski definition) is 3. The van der Waals surface area contributed by atoms with Gasteiger partial charge in [0.25, 0.3) is 5.56 Å². The Labute approximate surface area is 147 Å². The van der Waals surface area contributed by atoms with Crippen molar-refractivity contribution in [2.24, 2.45) is 0 Å². The molecule has 0 saturated carbocycles. The quantitative estimate of drug-likeness (QED) is 0.613. The van der Waals surface area contributed by atoms with Crippen molar-refractivity contribution in [3.63, 3.8) is 0 Å². The second kappa shape index (κ2) is 6.44. The molecule has 0 radical (unpaired) electrons. The summed E-state index contributed by atoms with van der Waals surface area (Å²) in [7, 11) is 0. The molecule has 7 heteroatoms. The van der Waals surface area contributed by atoms with E-state index in [1.54, 1.807) is 47.1 Å². The van der Waals surface area contributed by atoms with Gasteiger partial charge in [0.2, 0.25) is 5.91 Å². The van der Waals surface area contributed by atoms with E-state index in [9.17, 15) is 14.0 Å². The topological polar surface area (TPSA) is 68.4 Å². The Kier molecular flexibility index (Phi) is 3.96. The smallest absolute Gasteiger partial charge is 0.275 e. The van der Waals surface area contributed by atoms with Crippen LogP contribution in [0.1, 0.15) is 5.69 Å². The van der Waals surface area contributed by atoms with Crippen molar-refractivity contribution in [3.05, 3.63) is 82.8 Å². The average Bonchev–Trinajstić information content (AvgIpc) is 3.14. The van der Waals surface area contributed by atoms with Crippen LogP contribution in [0.25, 0.3) is 16.6 Å². The van der Waals surface area contributed by atoms with Crippen LogP contribution in [0.2, 0.25) is 0 Å². The molecule has 0 aliphatic heterocycles. The van der Waals surface area contributed by atoms with E-state index < -0.39 is 5.82 Å². The molecule has 6 nitrogen and oxygen atoms in total. The third kappa shape index (κ3) is 2.83.